The Morgan fingerprint density at radius 3 is 2.55 bits per heavy atom. The third kappa shape index (κ3) is 2.45. The van der Waals surface area contributed by atoms with Gasteiger partial charge in [0, 0.05) is 5.39 Å². The average Bonchev–Trinajstić information content (AvgIpc) is 2.55. The normalized spacial score (nSPS) is 11.8. The molecule has 0 amide bonds. The number of fused-ring (bicyclic) bond motifs is 1. The van der Waals surface area contributed by atoms with Crippen LogP contribution < -0.4 is 0 Å². The summed E-state index contributed by atoms with van der Waals surface area (Å²) < 4.78 is 13.8. The van der Waals surface area contributed by atoms with Gasteiger partial charge in [-0.1, -0.05) is 36.4 Å². The van der Waals surface area contributed by atoms with Gasteiger partial charge in [-0.15, -0.1) is 0 Å². The number of rotatable bonds is 3. The van der Waals surface area contributed by atoms with Crippen LogP contribution in [0.1, 0.15) is 22.0 Å². The number of nitrogens with zero attached hydrogens (tertiary/aromatic N) is 2. The summed E-state index contributed by atoms with van der Waals surface area (Å²) in [6.45, 7) is 0. The van der Waals surface area contributed by atoms with Crippen molar-refractivity contribution in [1.29, 1.82) is 5.26 Å². The summed E-state index contributed by atoms with van der Waals surface area (Å²) in [6, 6.07) is 18.4. The molecule has 0 saturated heterocycles. The van der Waals surface area contributed by atoms with E-state index in [1.165, 1.54) is 18.2 Å². The summed E-state index contributed by atoms with van der Waals surface area (Å²) in [5.41, 5.74) is 0.931. The minimum absolute atomic E-state index is 0.0935. The molecule has 3 rings (SSSR count). The zero-order valence-corrected chi connectivity index (χ0v) is 11.5. The molecule has 1 heterocycles. The molecule has 2 aromatic carbocycles. The van der Waals surface area contributed by atoms with E-state index in [2.05, 4.69) is 4.98 Å². The molecule has 1 atom stereocenters. The van der Waals surface area contributed by atoms with Gasteiger partial charge in [0.2, 0.25) is 0 Å². The SMILES string of the molecule is N#CC(C(=O)c1ccccc1F)c1ccc2ccccc2n1. The van der Waals surface area contributed by atoms with Crippen LogP contribution in [0.15, 0.2) is 60.7 Å². The van der Waals surface area contributed by atoms with Gasteiger partial charge in [-0.25, -0.2) is 4.39 Å². The molecule has 0 bridgehead atoms. The summed E-state index contributed by atoms with van der Waals surface area (Å²) in [5, 5.41) is 10.3. The molecule has 4 heteroatoms. The van der Waals surface area contributed by atoms with E-state index in [4.69, 9.17) is 0 Å². The molecule has 0 radical (unpaired) electrons. The molecule has 0 spiro atoms. The predicted molar refractivity (Wildman–Crippen MR) is 80.8 cm³/mol. The Morgan fingerprint density at radius 1 is 1.05 bits per heavy atom. The number of hydrogen-bond donors (Lipinski definition) is 0. The fourth-order valence-electron chi connectivity index (χ4n) is 2.32. The number of ketones is 1. The fourth-order valence-corrected chi connectivity index (χ4v) is 2.32. The molecule has 106 valence electrons. The number of pyridine rings is 1. The predicted octanol–water partition coefficient (Wildman–Crippen LogP) is 3.86. The van der Waals surface area contributed by atoms with Gasteiger partial charge >= 0.3 is 0 Å². The Kier molecular flexibility index (Phi) is 3.63. The van der Waals surface area contributed by atoms with E-state index in [1.54, 1.807) is 24.3 Å². The highest BCUT2D eigenvalue weighted by Crippen LogP contribution is 2.23. The minimum Gasteiger partial charge on any atom is -0.292 e. The average molecular weight is 290 g/mol. The van der Waals surface area contributed by atoms with Gasteiger partial charge in [-0.3, -0.25) is 9.78 Å². The highest BCUT2D eigenvalue weighted by Gasteiger charge is 2.25. The zero-order chi connectivity index (χ0) is 15.5. The van der Waals surface area contributed by atoms with Gasteiger partial charge in [-0.05, 0) is 24.3 Å². The maximum absolute atomic E-state index is 13.8. The number of aromatic nitrogens is 1. The van der Waals surface area contributed by atoms with Crippen LogP contribution in [0, 0.1) is 17.1 Å². The summed E-state index contributed by atoms with van der Waals surface area (Å²) >= 11 is 0. The standard InChI is InChI=1S/C18H11FN2O/c19-15-7-3-2-6-13(15)18(22)14(11-20)17-10-9-12-5-1-4-8-16(12)21-17/h1-10,14H. The van der Waals surface area contributed by atoms with Gasteiger partial charge in [0.15, 0.2) is 11.7 Å². The lowest BCUT2D eigenvalue weighted by Crippen LogP contribution is -2.14. The van der Waals surface area contributed by atoms with Crippen molar-refractivity contribution in [2.45, 2.75) is 5.92 Å². The first-order chi connectivity index (χ1) is 10.7. The van der Waals surface area contributed by atoms with Crippen molar-refractivity contribution < 1.29 is 9.18 Å². The number of nitriles is 1. The second-order valence-corrected chi connectivity index (χ2v) is 4.84. The van der Waals surface area contributed by atoms with Crippen molar-refractivity contribution in [3.05, 3.63) is 77.7 Å². The topological polar surface area (TPSA) is 53.8 Å². The van der Waals surface area contributed by atoms with Gasteiger partial charge in [0.1, 0.15) is 5.82 Å². The molecule has 0 aliphatic rings. The van der Waals surface area contributed by atoms with Crippen LogP contribution in [0.4, 0.5) is 4.39 Å². The zero-order valence-electron chi connectivity index (χ0n) is 11.5. The highest BCUT2D eigenvalue weighted by molar-refractivity contribution is 6.02. The quantitative estimate of drug-likeness (QED) is 0.688. The summed E-state index contributed by atoms with van der Waals surface area (Å²) in [5.74, 6) is -2.33. The van der Waals surface area contributed by atoms with E-state index in [0.717, 1.165) is 5.39 Å². The molecule has 1 aromatic heterocycles. The Bertz CT molecular complexity index is 899. The first-order valence-corrected chi connectivity index (χ1v) is 6.75. The molecular weight excluding hydrogens is 279 g/mol. The van der Waals surface area contributed by atoms with Crippen molar-refractivity contribution in [2.24, 2.45) is 0 Å². The summed E-state index contributed by atoms with van der Waals surface area (Å²) in [6.07, 6.45) is 0. The molecule has 22 heavy (non-hydrogen) atoms. The van der Waals surface area contributed by atoms with Crippen LogP contribution in [-0.4, -0.2) is 10.8 Å². The van der Waals surface area contributed by atoms with E-state index in [9.17, 15) is 14.4 Å². The van der Waals surface area contributed by atoms with Crippen LogP contribution in [0.3, 0.4) is 0 Å². The fraction of sp³-hybridized carbons (Fsp3) is 0.0556. The van der Waals surface area contributed by atoms with Crippen LogP contribution in [-0.2, 0) is 0 Å². The monoisotopic (exact) mass is 290 g/mol. The molecule has 0 N–H and O–H groups in total. The molecule has 0 fully saturated rings. The van der Waals surface area contributed by atoms with Gasteiger partial charge in [-0.2, -0.15) is 5.26 Å². The second kappa shape index (κ2) is 5.74. The third-order valence-corrected chi connectivity index (χ3v) is 3.45. The lowest BCUT2D eigenvalue weighted by molar-refractivity contribution is 0.0974. The van der Waals surface area contributed by atoms with Crippen LogP contribution in [0.25, 0.3) is 10.9 Å². The van der Waals surface area contributed by atoms with Crippen molar-refractivity contribution >= 4 is 16.7 Å². The molecule has 0 aliphatic carbocycles. The number of Topliss-reactive ketones (excluding diaryl/α,β-unsaturated/α-hetero) is 1. The van der Waals surface area contributed by atoms with Crippen LogP contribution in [0.2, 0.25) is 0 Å². The van der Waals surface area contributed by atoms with Crippen molar-refractivity contribution in [3.63, 3.8) is 0 Å². The second-order valence-electron chi connectivity index (χ2n) is 4.84. The largest absolute Gasteiger partial charge is 0.292 e. The Labute approximate surface area is 126 Å². The molecule has 0 saturated carbocycles. The van der Waals surface area contributed by atoms with E-state index in [1.807, 2.05) is 24.3 Å². The Balaban J connectivity index is 2.05. The third-order valence-electron chi connectivity index (χ3n) is 3.45. The lowest BCUT2D eigenvalue weighted by atomic mass is 9.94. The first-order valence-electron chi connectivity index (χ1n) is 6.75. The van der Waals surface area contributed by atoms with Gasteiger partial charge < -0.3 is 0 Å². The molecular formula is C18H11FN2O. The minimum atomic E-state index is -1.12. The van der Waals surface area contributed by atoms with E-state index in [-0.39, 0.29) is 5.56 Å². The number of hydrogen-bond acceptors (Lipinski definition) is 3. The number of halogens is 1. The van der Waals surface area contributed by atoms with E-state index < -0.39 is 17.5 Å². The molecule has 1 unspecified atom stereocenters. The van der Waals surface area contributed by atoms with Crippen molar-refractivity contribution in [2.75, 3.05) is 0 Å². The number of benzene rings is 2. The lowest BCUT2D eigenvalue weighted by Gasteiger charge is -2.09. The highest BCUT2D eigenvalue weighted by atomic mass is 19.1. The van der Waals surface area contributed by atoms with E-state index in [0.29, 0.717) is 11.2 Å². The summed E-state index contributed by atoms with van der Waals surface area (Å²) in [4.78, 5) is 16.8. The van der Waals surface area contributed by atoms with Gasteiger partial charge in [0.25, 0.3) is 0 Å². The van der Waals surface area contributed by atoms with Crippen LogP contribution in [0.5, 0.6) is 0 Å². The maximum Gasteiger partial charge on any atom is 0.189 e. The smallest absolute Gasteiger partial charge is 0.189 e. The molecule has 3 aromatic rings. The van der Waals surface area contributed by atoms with Gasteiger partial charge in [0.05, 0.1) is 22.8 Å². The number of carbonyl (C=O) groups is 1. The maximum atomic E-state index is 13.8. The first kappa shape index (κ1) is 13.9. The van der Waals surface area contributed by atoms with Crippen molar-refractivity contribution in [3.8, 4) is 6.07 Å². The number of para-hydroxylation sites is 1. The van der Waals surface area contributed by atoms with Crippen LogP contribution >= 0.6 is 0 Å². The molecule has 3 nitrogen and oxygen atoms in total. The van der Waals surface area contributed by atoms with Crippen molar-refractivity contribution in [1.82, 2.24) is 4.98 Å². The number of carbonyl (C=O) groups excluding carboxylic acids is 1. The molecule has 0 aliphatic heterocycles. The Morgan fingerprint density at radius 2 is 1.77 bits per heavy atom. The summed E-state index contributed by atoms with van der Waals surface area (Å²) in [7, 11) is 0. The Hall–Kier alpha value is -3.06. The van der Waals surface area contributed by atoms with E-state index >= 15 is 0 Å².